The molecule has 0 atom stereocenters. The third kappa shape index (κ3) is 9.41. The first kappa shape index (κ1) is 19.9. The predicted molar refractivity (Wildman–Crippen MR) is 84.9 cm³/mol. The summed E-state index contributed by atoms with van der Waals surface area (Å²) in [5.74, 6) is -2.13. The molecule has 0 aromatic rings. The molecule has 0 bridgehead atoms. The van der Waals surface area contributed by atoms with E-state index < -0.39 is 18.4 Å². The highest BCUT2D eigenvalue weighted by Crippen LogP contribution is 2.32. The molecule has 0 rings (SSSR count). The average molecular weight is 335 g/mol. The van der Waals surface area contributed by atoms with E-state index in [1.807, 2.05) is 13.2 Å². The normalized spacial score (nSPS) is 11.6. The number of carbonyl (C=O) groups excluding carboxylic acids is 2. The molecule has 0 radical (unpaired) electrons. The summed E-state index contributed by atoms with van der Waals surface area (Å²) in [6.07, 6.45) is 2.49. The Balaban J connectivity index is 4.49. The largest absolute Gasteiger partial charge is 0.481 e. The van der Waals surface area contributed by atoms with Crippen molar-refractivity contribution >= 4 is 39.4 Å². The number of ether oxygens (including phenoxy) is 1. The highest BCUT2D eigenvalue weighted by atomic mass is 33.1. The monoisotopic (exact) mass is 335 g/mol. The number of aliphatic carboxylic acids is 1. The van der Waals surface area contributed by atoms with Crippen LogP contribution in [0.4, 0.5) is 0 Å². The smallest absolute Gasteiger partial charge is 0.317 e. The van der Waals surface area contributed by atoms with Gasteiger partial charge in [0, 0.05) is 23.4 Å². The molecule has 0 aromatic heterocycles. The number of hydrogen-bond acceptors (Lipinski definition) is 6. The number of carbonyl (C=O) groups is 3. The zero-order valence-electron chi connectivity index (χ0n) is 12.4. The molecule has 120 valence electrons. The van der Waals surface area contributed by atoms with Gasteiger partial charge < -0.3 is 15.2 Å². The van der Waals surface area contributed by atoms with Crippen molar-refractivity contribution in [2.24, 2.45) is 0 Å². The van der Waals surface area contributed by atoms with E-state index in [1.165, 1.54) is 21.6 Å². The summed E-state index contributed by atoms with van der Waals surface area (Å²) < 4.78 is 4.83. The molecule has 8 heteroatoms. The Morgan fingerprint density at radius 2 is 1.95 bits per heavy atom. The molecule has 0 aliphatic rings. The molecule has 0 spiro atoms. The Kier molecular flexibility index (Phi) is 10.9. The van der Waals surface area contributed by atoms with Crippen LogP contribution in [0.3, 0.4) is 0 Å². The van der Waals surface area contributed by atoms with Gasteiger partial charge in [0.25, 0.3) is 0 Å². The van der Waals surface area contributed by atoms with Crippen LogP contribution >= 0.6 is 21.6 Å². The van der Waals surface area contributed by atoms with Crippen molar-refractivity contribution in [1.82, 2.24) is 5.32 Å². The third-order valence-electron chi connectivity index (χ3n) is 2.37. The van der Waals surface area contributed by atoms with Crippen LogP contribution in [-0.2, 0) is 19.1 Å². The van der Waals surface area contributed by atoms with Gasteiger partial charge in [-0.25, -0.2) is 0 Å². The van der Waals surface area contributed by atoms with Gasteiger partial charge in [-0.15, -0.1) is 0 Å². The molecule has 21 heavy (non-hydrogen) atoms. The van der Waals surface area contributed by atoms with Gasteiger partial charge in [0.05, 0.1) is 6.61 Å². The second-order valence-corrected chi connectivity index (χ2v) is 6.59. The van der Waals surface area contributed by atoms with E-state index in [-0.39, 0.29) is 12.5 Å². The van der Waals surface area contributed by atoms with Gasteiger partial charge in [0.15, 0.2) is 0 Å². The zero-order valence-corrected chi connectivity index (χ0v) is 14.1. The third-order valence-corrected chi connectivity index (χ3v) is 4.35. The minimum absolute atomic E-state index is 0.0629. The van der Waals surface area contributed by atoms with Gasteiger partial charge in [-0.05, 0) is 19.6 Å². The molecule has 0 saturated carbocycles. The lowest BCUT2D eigenvalue weighted by Gasteiger charge is -2.11. The van der Waals surface area contributed by atoms with Gasteiger partial charge in [0.2, 0.25) is 5.91 Å². The summed E-state index contributed by atoms with van der Waals surface area (Å²) in [7, 11) is 2.93. The summed E-state index contributed by atoms with van der Waals surface area (Å²) in [4.78, 5) is 34.2. The van der Waals surface area contributed by atoms with Crippen molar-refractivity contribution in [3.05, 3.63) is 10.5 Å². The number of nitrogens with one attached hydrogen (secondary N) is 1. The van der Waals surface area contributed by atoms with Crippen molar-refractivity contribution in [2.45, 2.75) is 33.1 Å². The van der Waals surface area contributed by atoms with Crippen LogP contribution in [-0.4, -0.2) is 42.4 Å². The molecule has 0 aromatic carbocycles. The highest BCUT2D eigenvalue weighted by Gasteiger charge is 2.13. The van der Waals surface area contributed by atoms with E-state index in [0.717, 1.165) is 11.3 Å². The van der Waals surface area contributed by atoms with E-state index in [4.69, 9.17) is 9.84 Å². The van der Waals surface area contributed by atoms with Crippen LogP contribution < -0.4 is 5.32 Å². The van der Waals surface area contributed by atoms with E-state index in [1.54, 1.807) is 6.92 Å². The Morgan fingerprint density at radius 3 is 2.48 bits per heavy atom. The molecule has 0 aliphatic heterocycles. The Bertz CT molecular complexity index is 409. The molecule has 2 N–H and O–H groups in total. The lowest BCUT2D eigenvalue weighted by atomic mass is 10.2. The van der Waals surface area contributed by atoms with E-state index in [0.29, 0.717) is 18.5 Å². The first-order chi connectivity index (χ1) is 9.92. The number of carboxylic acids is 1. The minimum Gasteiger partial charge on any atom is -0.481 e. The molecule has 0 saturated heterocycles. The fraction of sp³-hybridized carbons (Fsp3) is 0.615. The quantitative estimate of drug-likeness (QED) is 0.274. The molecular formula is C13H21NO5S2. The summed E-state index contributed by atoms with van der Waals surface area (Å²) in [5.41, 5.74) is 0.595. The summed E-state index contributed by atoms with van der Waals surface area (Å²) in [6, 6.07) is 0. The van der Waals surface area contributed by atoms with Crippen LogP contribution in [0, 0.1) is 0 Å². The summed E-state index contributed by atoms with van der Waals surface area (Å²) in [5, 5.41) is 11.2. The van der Waals surface area contributed by atoms with Crippen molar-refractivity contribution in [3.8, 4) is 0 Å². The number of rotatable bonds is 10. The Labute approximate surface area is 132 Å². The highest BCUT2D eigenvalue weighted by molar-refractivity contribution is 8.77. The molecule has 0 aliphatic carbocycles. The van der Waals surface area contributed by atoms with Crippen molar-refractivity contribution < 1.29 is 24.2 Å². The fourth-order valence-electron chi connectivity index (χ4n) is 1.32. The number of carboxylic acid groups (broad SMARTS) is 1. The second kappa shape index (κ2) is 11.5. The van der Waals surface area contributed by atoms with Crippen LogP contribution in [0.1, 0.15) is 33.1 Å². The lowest BCUT2D eigenvalue weighted by molar-refractivity contribution is -0.151. The van der Waals surface area contributed by atoms with Gasteiger partial charge in [-0.2, -0.15) is 0 Å². The summed E-state index contributed by atoms with van der Waals surface area (Å²) >= 11 is 0. The zero-order chi connectivity index (χ0) is 16.3. The van der Waals surface area contributed by atoms with Crippen LogP contribution in [0.25, 0.3) is 0 Å². The van der Waals surface area contributed by atoms with E-state index in [2.05, 4.69) is 5.32 Å². The SMILES string of the molecule is CCCNC(=O)/C(C)=C(/CCOC(=O)CC(=O)O)SSC. The fourth-order valence-corrected chi connectivity index (χ4v) is 3.14. The maximum atomic E-state index is 11.9. The minimum atomic E-state index is -1.22. The molecule has 0 fully saturated rings. The molecule has 1 amide bonds. The average Bonchev–Trinajstić information content (AvgIpc) is 2.42. The lowest BCUT2D eigenvalue weighted by Crippen LogP contribution is -2.25. The van der Waals surface area contributed by atoms with Crippen LogP contribution in [0.5, 0.6) is 0 Å². The second-order valence-electron chi connectivity index (χ2n) is 4.10. The number of hydrogen-bond donors (Lipinski definition) is 2. The standard InChI is InChI=1S/C13H21NO5S2/c1-4-6-14-13(18)9(2)10(21-20-3)5-7-19-12(17)8-11(15)16/h4-8H2,1-3H3,(H,14,18)(H,15,16)/b10-9-. The van der Waals surface area contributed by atoms with Gasteiger partial charge >= 0.3 is 11.9 Å². The summed E-state index contributed by atoms with van der Waals surface area (Å²) in [6.45, 7) is 4.37. The topological polar surface area (TPSA) is 92.7 Å². The van der Waals surface area contributed by atoms with Gasteiger partial charge in [0.1, 0.15) is 6.42 Å². The maximum absolute atomic E-state index is 11.9. The Morgan fingerprint density at radius 1 is 1.29 bits per heavy atom. The number of esters is 1. The van der Waals surface area contributed by atoms with Crippen molar-refractivity contribution in [2.75, 3.05) is 19.4 Å². The predicted octanol–water partition coefficient (Wildman–Crippen LogP) is 2.21. The van der Waals surface area contributed by atoms with Crippen LogP contribution in [0.2, 0.25) is 0 Å². The molecular weight excluding hydrogens is 314 g/mol. The van der Waals surface area contributed by atoms with Crippen molar-refractivity contribution in [1.29, 1.82) is 0 Å². The first-order valence-electron chi connectivity index (χ1n) is 6.48. The maximum Gasteiger partial charge on any atom is 0.317 e. The van der Waals surface area contributed by atoms with Crippen LogP contribution in [0.15, 0.2) is 10.5 Å². The van der Waals surface area contributed by atoms with Gasteiger partial charge in [-0.1, -0.05) is 28.5 Å². The Hall–Kier alpha value is -1.15. The molecule has 6 nitrogen and oxygen atoms in total. The van der Waals surface area contributed by atoms with E-state index in [9.17, 15) is 14.4 Å². The van der Waals surface area contributed by atoms with E-state index >= 15 is 0 Å². The first-order valence-corrected chi connectivity index (χ1v) is 9.04. The van der Waals surface area contributed by atoms with Gasteiger partial charge in [-0.3, -0.25) is 14.4 Å². The molecule has 0 unspecified atom stereocenters. The number of amides is 1. The molecule has 0 heterocycles. The van der Waals surface area contributed by atoms with Crippen molar-refractivity contribution in [3.63, 3.8) is 0 Å².